The Labute approximate surface area is 192 Å². The van der Waals surface area contributed by atoms with Gasteiger partial charge in [-0.3, -0.25) is 4.79 Å². The van der Waals surface area contributed by atoms with Crippen LogP contribution in [0, 0.1) is 12.7 Å². The maximum atomic E-state index is 13.3. The molecular formula is C23H18FN7OS. The van der Waals surface area contributed by atoms with E-state index in [9.17, 15) is 9.18 Å². The molecule has 2 aromatic carbocycles. The van der Waals surface area contributed by atoms with Crippen molar-refractivity contribution in [1.82, 2.24) is 29.5 Å². The number of fused-ring (bicyclic) bond motifs is 1. The van der Waals surface area contributed by atoms with Crippen LogP contribution in [0.25, 0.3) is 22.5 Å². The number of hydrogen-bond acceptors (Lipinski definition) is 6. The summed E-state index contributed by atoms with van der Waals surface area (Å²) < 4.78 is 16.5. The Morgan fingerprint density at radius 1 is 1.06 bits per heavy atom. The molecule has 0 atom stereocenters. The molecule has 8 nitrogen and oxygen atoms in total. The van der Waals surface area contributed by atoms with Crippen LogP contribution in [0.2, 0.25) is 0 Å². The van der Waals surface area contributed by atoms with Crippen LogP contribution in [0.1, 0.15) is 16.1 Å². The van der Waals surface area contributed by atoms with E-state index in [1.165, 1.54) is 30.2 Å². The van der Waals surface area contributed by atoms with Gasteiger partial charge in [-0.25, -0.2) is 19.0 Å². The summed E-state index contributed by atoms with van der Waals surface area (Å²) in [5.41, 5.74) is 2.48. The lowest BCUT2D eigenvalue weighted by Crippen LogP contribution is -2.16. The number of nitrogens with one attached hydrogen (secondary N) is 1. The second-order valence-electron chi connectivity index (χ2n) is 7.20. The molecule has 3 aromatic heterocycles. The van der Waals surface area contributed by atoms with Gasteiger partial charge in [-0.15, -0.1) is 11.8 Å². The van der Waals surface area contributed by atoms with E-state index >= 15 is 0 Å². The first-order chi connectivity index (χ1) is 16.0. The van der Waals surface area contributed by atoms with Crippen LogP contribution in [0.5, 0.6) is 0 Å². The number of carbonyl (C=O) groups excluding carboxylic acids is 1. The first-order valence-corrected chi connectivity index (χ1v) is 11.2. The van der Waals surface area contributed by atoms with Crippen molar-refractivity contribution in [2.45, 2.75) is 11.8 Å². The number of rotatable bonds is 5. The smallest absolute Gasteiger partial charge is 0.257 e. The summed E-state index contributed by atoms with van der Waals surface area (Å²) in [6, 6.07) is 15.2. The van der Waals surface area contributed by atoms with Gasteiger partial charge >= 0.3 is 0 Å². The van der Waals surface area contributed by atoms with Crippen LogP contribution in [0.15, 0.2) is 72.0 Å². The van der Waals surface area contributed by atoms with Gasteiger partial charge in [-0.1, -0.05) is 12.1 Å². The van der Waals surface area contributed by atoms with Crippen LogP contribution >= 0.6 is 11.8 Å². The summed E-state index contributed by atoms with van der Waals surface area (Å²) in [7, 11) is 0. The molecule has 1 amide bonds. The number of carbonyl (C=O) groups is 1. The number of hydrogen-bond donors (Lipinski definition) is 1. The topological polar surface area (TPSA) is 90.5 Å². The number of benzene rings is 2. The summed E-state index contributed by atoms with van der Waals surface area (Å²) in [4.78, 5) is 22.7. The third kappa shape index (κ3) is 3.85. The number of aromatic nitrogens is 6. The molecule has 0 saturated heterocycles. The Morgan fingerprint density at radius 3 is 2.64 bits per heavy atom. The molecule has 3 heterocycles. The van der Waals surface area contributed by atoms with Crippen molar-refractivity contribution in [2.75, 3.05) is 11.6 Å². The lowest BCUT2D eigenvalue weighted by atomic mass is 10.2. The zero-order valence-electron chi connectivity index (χ0n) is 17.7. The highest BCUT2D eigenvalue weighted by atomic mass is 32.2. The minimum Gasteiger partial charge on any atom is -0.306 e. The molecule has 0 radical (unpaired) electrons. The van der Waals surface area contributed by atoms with Crippen LogP contribution in [0.3, 0.4) is 0 Å². The van der Waals surface area contributed by atoms with Crippen molar-refractivity contribution in [3.05, 3.63) is 84.2 Å². The Balaban J connectivity index is 1.56. The molecule has 5 rings (SSSR count). The van der Waals surface area contributed by atoms with E-state index in [1.54, 1.807) is 39.8 Å². The van der Waals surface area contributed by atoms with Gasteiger partial charge < -0.3 is 5.32 Å². The number of anilines is 1. The summed E-state index contributed by atoms with van der Waals surface area (Å²) in [5.74, 6) is 0.368. The Morgan fingerprint density at radius 2 is 1.85 bits per heavy atom. The fourth-order valence-electron chi connectivity index (χ4n) is 3.54. The molecule has 0 aliphatic heterocycles. The van der Waals surface area contributed by atoms with Gasteiger partial charge in [-0.05, 0) is 49.6 Å². The van der Waals surface area contributed by atoms with Crippen LogP contribution in [0.4, 0.5) is 10.2 Å². The standard InChI is InChI=1S/C23H18FN7OS/c1-14-11-20(28-23(32)17-5-3-4-6-19(17)33-2)31(29-14)22-18-12-27-30(21(18)25-13-26-22)16-9-7-15(24)8-10-16/h3-13H,1-2H3,(H,28,32). The van der Waals surface area contributed by atoms with E-state index in [2.05, 4.69) is 25.5 Å². The molecule has 10 heteroatoms. The van der Waals surface area contributed by atoms with Gasteiger partial charge in [-0.2, -0.15) is 14.9 Å². The van der Waals surface area contributed by atoms with Crippen molar-refractivity contribution in [1.29, 1.82) is 0 Å². The number of thioether (sulfide) groups is 1. The summed E-state index contributed by atoms with van der Waals surface area (Å²) in [6.07, 6.45) is 4.96. The van der Waals surface area contributed by atoms with Gasteiger partial charge in [0.25, 0.3) is 5.91 Å². The zero-order valence-corrected chi connectivity index (χ0v) is 18.5. The fraction of sp³-hybridized carbons (Fsp3) is 0.0870. The minimum atomic E-state index is -0.332. The van der Waals surface area contributed by atoms with Crippen molar-refractivity contribution < 1.29 is 9.18 Å². The number of amides is 1. The quantitative estimate of drug-likeness (QED) is 0.391. The van der Waals surface area contributed by atoms with E-state index in [0.717, 1.165) is 4.90 Å². The Bertz CT molecular complexity index is 1480. The van der Waals surface area contributed by atoms with Gasteiger partial charge in [0, 0.05) is 11.0 Å². The molecule has 1 N–H and O–H groups in total. The molecule has 0 bridgehead atoms. The largest absolute Gasteiger partial charge is 0.306 e. The SMILES string of the molecule is CSc1ccccc1C(=O)Nc1cc(C)nn1-c1ncnc2c1cnn2-c1ccc(F)cc1. The third-order valence-corrected chi connectivity index (χ3v) is 5.84. The highest BCUT2D eigenvalue weighted by Gasteiger charge is 2.19. The summed E-state index contributed by atoms with van der Waals surface area (Å²) >= 11 is 1.51. The maximum Gasteiger partial charge on any atom is 0.257 e. The van der Waals surface area contributed by atoms with Crippen molar-refractivity contribution in [3.63, 3.8) is 0 Å². The van der Waals surface area contributed by atoms with Crippen molar-refractivity contribution in [2.24, 2.45) is 0 Å². The second kappa shape index (κ2) is 8.47. The van der Waals surface area contributed by atoms with Crippen LogP contribution in [-0.2, 0) is 0 Å². The molecule has 0 fully saturated rings. The third-order valence-electron chi connectivity index (χ3n) is 5.04. The molecule has 0 aliphatic rings. The van der Waals surface area contributed by atoms with Gasteiger partial charge in [0.1, 0.15) is 18.0 Å². The number of halogens is 1. The van der Waals surface area contributed by atoms with Crippen LogP contribution < -0.4 is 5.32 Å². The number of nitrogens with zero attached hydrogens (tertiary/aromatic N) is 6. The first-order valence-electron chi connectivity index (χ1n) is 10.0. The van der Waals surface area contributed by atoms with Crippen molar-refractivity contribution >= 4 is 34.5 Å². The second-order valence-corrected chi connectivity index (χ2v) is 8.05. The zero-order chi connectivity index (χ0) is 22.9. The molecule has 0 aliphatic carbocycles. The Kier molecular flexibility index (Phi) is 5.35. The first kappa shape index (κ1) is 20.8. The highest BCUT2D eigenvalue weighted by Crippen LogP contribution is 2.26. The molecule has 5 aromatic rings. The molecule has 33 heavy (non-hydrogen) atoms. The van der Waals surface area contributed by atoms with Gasteiger partial charge in [0.15, 0.2) is 11.5 Å². The number of aryl methyl sites for hydroxylation is 1. The van der Waals surface area contributed by atoms with E-state index < -0.39 is 0 Å². The lowest BCUT2D eigenvalue weighted by molar-refractivity contribution is 0.102. The average molecular weight is 460 g/mol. The molecule has 0 spiro atoms. The molecule has 164 valence electrons. The average Bonchev–Trinajstić information content (AvgIpc) is 3.42. The summed E-state index contributed by atoms with van der Waals surface area (Å²) in [5, 5.41) is 12.5. The molecule has 0 unspecified atom stereocenters. The summed E-state index contributed by atoms with van der Waals surface area (Å²) in [6.45, 7) is 1.84. The van der Waals surface area contributed by atoms with E-state index in [1.807, 2.05) is 31.4 Å². The highest BCUT2D eigenvalue weighted by molar-refractivity contribution is 7.98. The van der Waals surface area contributed by atoms with Gasteiger partial charge in [0.05, 0.1) is 28.5 Å². The minimum absolute atomic E-state index is 0.242. The van der Waals surface area contributed by atoms with E-state index in [-0.39, 0.29) is 11.7 Å². The van der Waals surface area contributed by atoms with Gasteiger partial charge in [0.2, 0.25) is 0 Å². The predicted octanol–water partition coefficient (Wildman–Crippen LogP) is 4.42. The maximum absolute atomic E-state index is 13.3. The normalized spacial score (nSPS) is 11.1. The predicted molar refractivity (Wildman–Crippen MR) is 125 cm³/mol. The molecular weight excluding hydrogens is 441 g/mol. The fourth-order valence-corrected chi connectivity index (χ4v) is 4.13. The monoisotopic (exact) mass is 459 g/mol. The lowest BCUT2D eigenvalue weighted by Gasteiger charge is -2.11. The van der Waals surface area contributed by atoms with Crippen molar-refractivity contribution in [3.8, 4) is 11.5 Å². The van der Waals surface area contributed by atoms with Crippen LogP contribution in [-0.4, -0.2) is 41.7 Å². The van der Waals surface area contributed by atoms with E-state index in [0.29, 0.717) is 39.6 Å². The van der Waals surface area contributed by atoms with E-state index in [4.69, 9.17) is 0 Å². The Hall–Kier alpha value is -4.05. The molecule has 0 saturated carbocycles.